The Balaban J connectivity index is 1.26. The minimum absolute atomic E-state index is 0.000368. The minimum Gasteiger partial charge on any atom is -0.491 e. The molecule has 8 heteroatoms. The van der Waals surface area contributed by atoms with Gasteiger partial charge in [0.25, 0.3) is 0 Å². The lowest BCUT2D eigenvalue weighted by Crippen LogP contribution is -2.64. The summed E-state index contributed by atoms with van der Waals surface area (Å²) in [5.74, 6) is 1.31. The first-order valence-electron chi connectivity index (χ1n) is 14.7. The minimum atomic E-state index is -0.587. The maximum absolute atomic E-state index is 13.6. The molecule has 2 aromatic carbocycles. The first-order chi connectivity index (χ1) is 19.9. The van der Waals surface area contributed by atoms with Crippen LogP contribution in [-0.4, -0.2) is 66.1 Å². The number of benzene rings is 2. The van der Waals surface area contributed by atoms with E-state index in [2.05, 4.69) is 16.3 Å². The van der Waals surface area contributed by atoms with Crippen LogP contribution in [0.5, 0.6) is 5.75 Å². The Morgan fingerprint density at radius 2 is 1.85 bits per heavy atom. The molecule has 0 bridgehead atoms. The molecule has 2 aliphatic heterocycles. The normalized spacial score (nSPS) is 21.3. The Hall–Kier alpha value is -3.62. The number of carbonyl (C=O) groups is 2. The van der Waals surface area contributed by atoms with Crippen LogP contribution in [0.2, 0.25) is 0 Å². The van der Waals surface area contributed by atoms with Gasteiger partial charge >= 0.3 is 0 Å². The molecular formula is C33H41N3O5. The van der Waals surface area contributed by atoms with Crippen molar-refractivity contribution in [2.24, 2.45) is 5.92 Å². The average molecular weight is 560 g/mol. The fourth-order valence-electron chi connectivity index (χ4n) is 5.69. The van der Waals surface area contributed by atoms with E-state index in [-0.39, 0.29) is 29.9 Å². The smallest absolute Gasteiger partial charge is 0.244 e. The van der Waals surface area contributed by atoms with Gasteiger partial charge in [-0.25, -0.2) is 0 Å². The van der Waals surface area contributed by atoms with E-state index in [0.717, 1.165) is 47.6 Å². The van der Waals surface area contributed by atoms with Gasteiger partial charge in [-0.2, -0.15) is 0 Å². The second kappa shape index (κ2) is 13.4. The summed E-state index contributed by atoms with van der Waals surface area (Å²) in [6.07, 6.45) is 3.89. The number of carbonyl (C=O) groups excluding carboxylic acids is 2. The Labute approximate surface area is 242 Å². The molecule has 1 aromatic heterocycles. The Morgan fingerprint density at radius 3 is 2.56 bits per heavy atom. The van der Waals surface area contributed by atoms with Crippen molar-refractivity contribution in [3.05, 3.63) is 78.1 Å². The van der Waals surface area contributed by atoms with Gasteiger partial charge in [-0.15, -0.1) is 0 Å². The SMILES string of the molecule is CC(C)C(=O)N1C(C)CN(Cc2ccccc2OCC2CCCO2)CC1C(=O)NCc1ccc(-c2ccco2)cc1. The molecule has 2 amide bonds. The van der Waals surface area contributed by atoms with Crippen molar-refractivity contribution in [3.8, 4) is 17.1 Å². The van der Waals surface area contributed by atoms with E-state index in [9.17, 15) is 9.59 Å². The monoisotopic (exact) mass is 559 g/mol. The zero-order chi connectivity index (χ0) is 28.8. The third-order valence-corrected chi connectivity index (χ3v) is 7.86. The molecule has 41 heavy (non-hydrogen) atoms. The van der Waals surface area contributed by atoms with Gasteiger partial charge in [0.1, 0.15) is 24.2 Å². The molecule has 2 fully saturated rings. The van der Waals surface area contributed by atoms with E-state index < -0.39 is 6.04 Å². The van der Waals surface area contributed by atoms with Gasteiger partial charge in [0.2, 0.25) is 11.8 Å². The van der Waals surface area contributed by atoms with Crippen LogP contribution < -0.4 is 10.1 Å². The van der Waals surface area contributed by atoms with E-state index in [4.69, 9.17) is 13.9 Å². The number of ether oxygens (including phenoxy) is 2. The standard InChI is InChI=1S/C33H41N3O5/c1-23(2)33(38)36-24(3)19-35(20-27-8-4-5-10-31(27)41-22-28-9-6-16-39-28)21-29(36)32(37)34-18-25-12-14-26(15-13-25)30-11-7-17-40-30/h4-5,7-8,10-15,17,23-24,28-29H,6,9,16,18-22H2,1-3H3,(H,34,37). The van der Waals surface area contributed by atoms with Crippen molar-refractivity contribution in [2.45, 2.75) is 64.9 Å². The molecule has 218 valence electrons. The first kappa shape index (κ1) is 28.9. The summed E-state index contributed by atoms with van der Waals surface area (Å²) < 4.78 is 17.4. The molecule has 8 nitrogen and oxygen atoms in total. The zero-order valence-corrected chi connectivity index (χ0v) is 24.3. The fourth-order valence-corrected chi connectivity index (χ4v) is 5.69. The van der Waals surface area contributed by atoms with Crippen molar-refractivity contribution >= 4 is 11.8 Å². The molecule has 3 atom stereocenters. The van der Waals surface area contributed by atoms with E-state index in [1.165, 1.54) is 0 Å². The van der Waals surface area contributed by atoms with Crippen molar-refractivity contribution in [1.29, 1.82) is 0 Å². The second-order valence-corrected chi connectivity index (χ2v) is 11.4. The van der Waals surface area contributed by atoms with Crippen LogP contribution in [-0.2, 0) is 27.4 Å². The maximum Gasteiger partial charge on any atom is 0.244 e. The molecule has 5 rings (SSSR count). The van der Waals surface area contributed by atoms with Crippen molar-refractivity contribution < 1.29 is 23.5 Å². The summed E-state index contributed by atoms with van der Waals surface area (Å²) in [6, 6.07) is 19.1. The van der Waals surface area contributed by atoms with Crippen molar-refractivity contribution in [1.82, 2.24) is 15.1 Å². The number of hydrogen-bond acceptors (Lipinski definition) is 6. The number of nitrogens with one attached hydrogen (secondary N) is 1. The quantitative estimate of drug-likeness (QED) is 0.381. The summed E-state index contributed by atoms with van der Waals surface area (Å²) in [6.45, 7) is 9.28. The van der Waals surface area contributed by atoms with Gasteiger partial charge in [-0.3, -0.25) is 14.5 Å². The van der Waals surface area contributed by atoms with Gasteiger partial charge in [-0.1, -0.05) is 56.3 Å². The highest BCUT2D eigenvalue weighted by atomic mass is 16.5. The highest BCUT2D eigenvalue weighted by Crippen LogP contribution is 2.26. The Kier molecular flexibility index (Phi) is 9.42. The highest BCUT2D eigenvalue weighted by molar-refractivity contribution is 5.89. The fraction of sp³-hybridized carbons (Fsp3) is 0.455. The lowest BCUT2D eigenvalue weighted by atomic mass is 10.0. The molecule has 2 aliphatic rings. The van der Waals surface area contributed by atoms with E-state index >= 15 is 0 Å². The molecule has 0 saturated carbocycles. The van der Waals surface area contributed by atoms with Gasteiger partial charge in [0.05, 0.1) is 12.4 Å². The summed E-state index contributed by atoms with van der Waals surface area (Å²) >= 11 is 0. The van der Waals surface area contributed by atoms with Crippen molar-refractivity contribution in [2.75, 3.05) is 26.3 Å². The van der Waals surface area contributed by atoms with Gasteiger partial charge in [0, 0.05) is 55.9 Å². The lowest BCUT2D eigenvalue weighted by molar-refractivity contribution is -0.150. The molecule has 0 spiro atoms. The van der Waals surface area contributed by atoms with E-state index in [1.54, 1.807) is 11.2 Å². The van der Waals surface area contributed by atoms with Crippen LogP contribution in [0.1, 0.15) is 44.7 Å². The number of furan rings is 1. The third-order valence-electron chi connectivity index (χ3n) is 7.86. The topological polar surface area (TPSA) is 84.2 Å². The molecular weight excluding hydrogens is 518 g/mol. The molecule has 0 radical (unpaired) electrons. The molecule has 0 aliphatic carbocycles. The largest absolute Gasteiger partial charge is 0.491 e. The molecule has 3 unspecified atom stereocenters. The summed E-state index contributed by atoms with van der Waals surface area (Å²) in [7, 11) is 0. The zero-order valence-electron chi connectivity index (χ0n) is 24.3. The number of hydrogen-bond donors (Lipinski definition) is 1. The summed E-state index contributed by atoms with van der Waals surface area (Å²) in [5.41, 5.74) is 3.03. The highest BCUT2D eigenvalue weighted by Gasteiger charge is 2.40. The van der Waals surface area contributed by atoms with Gasteiger partial charge in [-0.05, 0) is 43.5 Å². The van der Waals surface area contributed by atoms with E-state index in [1.807, 2.05) is 75.4 Å². The van der Waals surface area contributed by atoms with Gasteiger partial charge < -0.3 is 24.1 Å². The molecule has 1 N–H and O–H groups in total. The Bertz CT molecular complexity index is 1280. The van der Waals surface area contributed by atoms with Crippen LogP contribution in [0.15, 0.2) is 71.3 Å². The van der Waals surface area contributed by atoms with Crippen LogP contribution in [0.4, 0.5) is 0 Å². The summed E-state index contributed by atoms with van der Waals surface area (Å²) in [5, 5.41) is 3.09. The van der Waals surface area contributed by atoms with Crippen molar-refractivity contribution in [3.63, 3.8) is 0 Å². The molecule has 3 aromatic rings. The third kappa shape index (κ3) is 7.18. The number of rotatable bonds is 10. The van der Waals surface area contributed by atoms with E-state index in [0.29, 0.717) is 32.8 Å². The number of para-hydroxylation sites is 1. The summed E-state index contributed by atoms with van der Waals surface area (Å²) in [4.78, 5) is 30.9. The second-order valence-electron chi connectivity index (χ2n) is 11.4. The number of piperazine rings is 1. The number of nitrogens with zero attached hydrogens (tertiary/aromatic N) is 2. The van der Waals surface area contributed by atoms with Gasteiger partial charge in [0.15, 0.2) is 0 Å². The van der Waals surface area contributed by atoms with Crippen LogP contribution >= 0.6 is 0 Å². The average Bonchev–Trinajstić information content (AvgIpc) is 3.70. The van der Waals surface area contributed by atoms with Crippen LogP contribution in [0.25, 0.3) is 11.3 Å². The van der Waals surface area contributed by atoms with Crippen LogP contribution in [0.3, 0.4) is 0 Å². The molecule has 3 heterocycles. The Morgan fingerprint density at radius 1 is 1.05 bits per heavy atom. The predicted molar refractivity (Wildman–Crippen MR) is 157 cm³/mol. The number of amides is 2. The lowest BCUT2D eigenvalue weighted by Gasteiger charge is -2.45. The predicted octanol–water partition coefficient (Wildman–Crippen LogP) is 4.88. The first-order valence-corrected chi connectivity index (χ1v) is 14.7. The van der Waals surface area contributed by atoms with Crippen LogP contribution in [0, 0.1) is 5.92 Å². The maximum atomic E-state index is 13.6. The molecule has 2 saturated heterocycles.